The Morgan fingerprint density at radius 2 is 1.73 bits per heavy atom. The molecule has 0 aromatic heterocycles. The second kappa shape index (κ2) is 7.92. The van der Waals surface area contributed by atoms with Gasteiger partial charge in [0.1, 0.15) is 12.4 Å². The van der Waals surface area contributed by atoms with Gasteiger partial charge in [0.05, 0.1) is 0 Å². The van der Waals surface area contributed by atoms with Crippen molar-refractivity contribution in [1.82, 2.24) is 5.32 Å². The minimum atomic E-state index is 0. The Morgan fingerprint density at radius 1 is 1.00 bits per heavy atom. The molecule has 0 fully saturated rings. The summed E-state index contributed by atoms with van der Waals surface area (Å²) in [5, 5.41) is 3.30. The average molecular weight is 321 g/mol. The van der Waals surface area contributed by atoms with Gasteiger partial charge < -0.3 is 31.9 Å². The fourth-order valence-corrected chi connectivity index (χ4v) is 2.17. The summed E-state index contributed by atoms with van der Waals surface area (Å²) < 4.78 is 16.4. The summed E-state index contributed by atoms with van der Waals surface area (Å²) in [5.41, 5.74) is 2.32. The van der Waals surface area contributed by atoms with Crippen molar-refractivity contribution in [2.75, 3.05) is 13.3 Å². The monoisotopic (exact) mass is 320 g/mol. The van der Waals surface area contributed by atoms with Gasteiger partial charge in [0, 0.05) is 6.54 Å². The number of rotatable bonds is 6. The molecule has 1 aliphatic rings. The standard InChI is InChI=1S/C17H19NO3.ClH/c1-2-18-10-13-3-6-15(7-4-13)19-11-14-5-8-16-17(9-14)21-12-20-16;/h3-9,18H,2,10-12H2,1H3;1H/p-1. The summed E-state index contributed by atoms with van der Waals surface area (Å²) in [6.07, 6.45) is 0. The van der Waals surface area contributed by atoms with Gasteiger partial charge in [0.15, 0.2) is 11.5 Å². The van der Waals surface area contributed by atoms with E-state index in [1.54, 1.807) is 0 Å². The number of hydrogen-bond donors (Lipinski definition) is 1. The highest BCUT2D eigenvalue weighted by Crippen LogP contribution is 2.32. The van der Waals surface area contributed by atoms with E-state index < -0.39 is 0 Å². The van der Waals surface area contributed by atoms with Crippen LogP contribution in [0.2, 0.25) is 0 Å². The second-order valence-electron chi connectivity index (χ2n) is 4.90. The largest absolute Gasteiger partial charge is 1.00 e. The first-order chi connectivity index (χ1) is 10.3. The first kappa shape index (κ1) is 16.5. The van der Waals surface area contributed by atoms with Crippen LogP contribution in [0.3, 0.4) is 0 Å². The van der Waals surface area contributed by atoms with E-state index >= 15 is 0 Å². The van der Waals surface area contributed by atoms with Crippen molar-refractivity contribution < 1.29 is 26.6 Å². The van der Waals surface area contributed by atoms with Gasteiger partial charge in [-0.2, -0.15) is 0 Å². The minimum absolute atomic E-state index is 0. The molecule has 0 saturated heterocycles. The zero-order valence-corrected chi connectivity index (χ0v) is 13.2. The Hall–Kier alpha value is -1.91. The van der Waals surface area contributed by atoms with Crippen LogP contribution in [0.5, 0.6) is 17.2 Å². The molecule has 0 bridgehead atoms. The van der Waals surface area contributed by atoms with Crippen molar-refractivity contribution in [1.29, 1.82) is 0 Å². The van der Waals surface area contributed by atoms with Crippen molar-refractivity contribution in [3.63, 3.8) is 0 Å². The first-order valence-corrected chi connectivity index (χ1v) is 7.16. The number of ether oxygens (including phenoxy) is 3. The van der Waals surface area contributed by atoms with E-state index in [0.717, 1.165) is 35.9 Å². The average Bonchev–Trinajstić information content (AvgIpc) is 2.99. The summed E-state index contributed by atoms with van der Waals surface area (Å²) in [6.45, 7) is 4.78. The molecular formula is C17H19ClNO3-. The predicted molar refractivity (Wildman–Crippen MR) is 80.7 cm³/mol. The van der Waals surface area contributed by atoms with Crippen LogP contribution in [0, 0.1) is 0 Å². The normalized spacial score (nSPS) is 11.9. The van der Waals surface area contributed by atoms with E-state index in [0.29, 0.717) is 13.4 Å². The number of benzene rings is 2. The molecule has 5 heteroatoms. The van der Waals surface area contributed by atoms with E-state index in [-0.39, 0.29) is 12.4 Å². The van der Waals surface area contributed by atoms with Gasteiger partial charge in [-0.15, -0.1) is 0 Å². The lowest BCUT2D eigenvalue weighted by atomic mass is 10.2. The molecular weight excluding hydrogens is 302 g/mol. The highest BCUT2D eigenvalue weighted by atomic mass is 35.5. The molecule has 4 nitrogen and oxygen atoms in total. The highest BCUT2D eigenvalue weighted by molar-refractivity contribution is 5.44. The summed E-state index contributed by atoms with van der Waals surface area (Å²) in [4.78, 5) is 0. The fourth-order valence-electron chi connectivity index (χ4n) is 2.17. The first-order valence-electron chi connectivity index (χ1n) is 7.16. The lowest BCUT2D eigenvalue weighted by Gasteiger charge is -2.08. The topological polar surface area (TPSA) is 39.7 Å². The van der Waals surface area contributed by atoms with Gasteiger partial charge >= 0.3 is 0 Å². The molecule has 3 rings (SSSR count). The van der Waals surface area contributed by atoms with Crippen LogP contribution in [0.25, 0.3) is 0 Å². The summed E-state index contributed by atoms with van der Waals surface area (Å²) in [5.74, 6) is 2.46. The lowest BCUT2D eigenvalue weighted by Crippen LogP contribution is -3.00. The Morgan fingerprint density at radius 3 is 2.50 bits per heavy atom. The predicted octanol–water partition coefficient (Wildman–Crippen LogP) is 0.108. The van der Waals surface area contributed by atoms with Gasteiger partial charge in [0.2, 0.25) is 6.79 Å². The van der Waals surface area contributed by atoms with Crippen molar-refractivity contribution in [2.45, 2.75) is 20.1 Å². The van der Waals surface area contributed by atoms with E-state index in [1.807, 2.05) is 30.3 Å². The third kappa shape index (κ3) is 4.06. The third-order valence-corrected chi connectivity index (χ3v) is 3.34. The number of halogens is 1. The van der Waals surface area contributed by atoms with Crippen molar-refractivity contribution in [2.24, 2.45) is 0 Å². The molecule has 2 aromatic carbocycles. The van der Waals surface area contributed by atoms with Crippen LogP contribution in [0.1, 0.15) is 18.1 Å². The van der Waals surface area contributed by atoms with E-state index in [1.165, 1.54) is 5.56 Å². The fraction of sp³-hybridized carbons (Fsp3) is 0.294. The molecule has 0 aliphatic carbocycles. The van der Waals surface area contributed by atoms with Crippen LogP contribution in [-0.4, -0.2) is 13.3 Å². The maximum absolute atomic E-state index is 5.79. The number of fused-ring (bicyclic) bond motifs is 1. The van der Waals surface area contributed by atoms with Crippen LogP contribution < -0.4 is 31.9 Å². The van der Waals surface area contributed by atoms with Gasteiger partial charge in [-0.05, 0) is 41.9 Å². The van der Waals surface area contributed by atoms with Crippen LogP contribution >= 0.6 is 0 Å². The molecule has 0 radical (unpaired) electrons. The molecule has 1 heterocycles. The van der Waals surface area contributed by atoms with Crippen LogP contribution in [0.15, 0.2) is 42.5 Å². The van der Waals surface area contributed by atoms with Crippen LogP contribution in [0.4, 0.5) is 0 Å². The van der Waals surface area contributed by atoms with Crippen molar-refractivity contribution >= 4 is 0 Å². The zero-order valence-electron chi connectivity index (χ0n) is 12.5. The lowest BCUT2D eigenvalue weighted by molar-refractivity contribution is -0.00000623. The van der Waals surface area contributed by atoms with Crippen LogP contribution in [-0.2, 0) is 13.2 Å². The molecule has 2 aromatic rings. The van der Waals surface area contributed by atoms with E-state index in [4.69, 9.17) is 14.2 Å². The van der Waals surface area contributed by atoms with Crippen molar-refractivity contribution in [3.05, 3.63) is 53.6 Å². The smallest absolute Gasteiger partial charge is 0.231 e. The third-order valence-electron chi connectivity index (χ3n) is 3.34. The van der Waals surface area contributed by atoms with E-state index in [9.17, 15) is 0 Å². The Kier molecular flexibility index (Phi) is 5.92. The number of hydrogen-bond acceptors (Lipinski definition) is 4. The maximum Gasteiger partial charge on any atom is 0.231 e. The quantitative estimate of drug-likeness (QED) is 0.820. The molecule has 0 atom stereocenters. The second-order valence-corrected chi connectivity index (χ2v) is 4.90. The molecule has 0 unspecified atom stereocenters. The maximum atomic E-state index is 5.79. The van der Waals surface area contributed by atoms with E-state index in [2.05, 4.69) is 24.4 Å². The van der Waals surface area contributed by atoms with Gasteiger partial charge in [-0.3, -0.25) is 0 Å². The Bertz CT molecular complexity index is 601. The highest BCUT2D eigenvalue weighted by Gasteiger charge is 2.13. The Labute approximate surface area is 136 Å². The molecule has 1 N–H and O–H groups in total. The van der Waals surface area contributed by atoms with Gasteiger partial charge in [0.25, 0.3) is 0 Å². The number of nitrogens with one attached hydrogen (secondary N) is 1. The molecule has 1 aliphatic heterocycles. The molecule has 0 spiro atoms. The van der Waals surface area contributed by atoms with Gasteiger partial charge in [-0.1, -0.05) is 25.1 Å². The summed E-state index contributed by atoms with van der Waals surface area (Å²) in [7, 11) is 0. The molecule has 22 heavy (non-hydrogen) atoms. The zero-order chi connectivity index (χ0) is 14.5. The summed E-state index contributed by atoms with van der Waals surface area (Å²) in [6, 6.07) is 14.0. The van der Waals surface area contributed by atoms with Gasteiger partial charge in [-0.25, -0.2) is 0 Å². The molecule has 0 saturated carbocycles. The minimum Gasteiger partial charge on any atom is -1.00 e. The molecule has 0 amide bonds. The Balaban J connectivity index is 0.00000176. The van der Waals surface area contributed by atoms with Crippen molar-refractivity contribution in [3.8, 4) is 17.2 Å². The SMILES string of the molecule is CCNCc1ccc(OCc2ccc3c(c2)OCO3)cc1.[Cl-]. The summed E-state index contributed by atoms with van der Waals surface area (Å²) >= 11 is 0. The molecule has 118 valence electrons.